The normalized spacial score (nSPS) is 18.2. The maximum absolute atomic E-state index is 12.6. The van der Waals surface area contributed by atoms with Crippen molar-refractivity contribution in [3.63, 3.8) is 0 Å². The topological polar surface area (TPSA) is 57.8 Å². The molecule has 1 fully saturated rings. The van der Waals surface area contributed by atoms with Crippen LogP contribution in [0.2, 0.25) is 0 Å². The van der Waals surface area contributed by atoms with Gasteiger partial charge in [0.25, 0.3) is 5.56 Å². The fourth-order valence-electron chi connectivity index (χ4n) is 3.85. The van der Waals surface area contributed by atoms with Gasteiger partial charge in [-0.1, -0.05) is 30.3 Å². The molecule has 4 nitrogen and oxygen atoms in total. The summed E-state index contributed by atoms with van der Waals surface area (Å²) in [5.74, 6) is 0.865. The number of aromatic amines is 1. The number of aryl methyl sites for hydroxylation is 1. The monoisotopic (exact) mass is 363 g/mol. The number of benzene rings is 1. The van der Waals surface area contributed by atoms with Crippen molar-refractivity contribution in [2.45, 2.75) is 37.6 Å². The first kappa shape index (κ1) is 16.0. The number of rotatable bonds is 3. The first-order valence-corrected chi connectivity index (χ1v) is 10.1. The van der Waals surface area contributed by atoms with Crippen molar-refractivity contribution >= 4 is 11.3 Å². The molecule has 1 aliphatic heterocycles. The van der Waals surface area contributed by atoms with E-state index in [2.05, 4.69) is 46.0 Å². The summed E-state index contributed by atoms with van der Waals surface area (Å²) in [7, 11) is 0. The van der Waals surface area contributed by atoms with Gasteiger partial charge in [-0.3, -0.25) is 4.79 Å². The Morgan fingerprint density at radius 3 is 2.77 bits per heavy atom. The van der Waals surface area contributed by atoms with E-state index in [4.69, 9.17) is 4.98 Å². The van der Waals surface area contributed by atoms with E-state index in [0.717, 1.165) is 49.3 Å². The molecule has 1 saturated carbocycles. The van der Waals surface area contributed by atoms with Crippen LogP contribution in [-0.4, -0.2) is 16.5 Å². The molecule has 0 atom stereocenters. The zero-order valence-corrected chi connectivity index (χ0v) is 15.4. The van der Waals surface area contributed by atoms with Gasteiger partial charge in [0.15, 0.2) is 0 Å². The predicted molar refractivity (Wildman–Crippen MR) is 105 cm³/mol. The van der Waals surface area contributed by atoms with E-state index in [-0.39, 0.29) is 11.0 Å². The second-order valence-corrected chi connectivity index (χ2v) is 8.18. The Labute approximate surface area is 156 Å². The minimum Gasteiger partial charge on any atom is -0.312 e. The molecule has 0 radical (unpaired) electrons. The third-order valence-corrected chi connectivity index (χ3v) is 6.69. The molecule has 2 N–H and O–H groups in total. The van der Waals surface area contributed by atoms with Crippen LogP contribution >= 0.6 is 11.3 Å². The van der Waals surface area contributed by atoms with Gasteiger partial charge in [-0.15, -0.1) is 11.3 Å². The van der Waals surface area contributed by atoms with Crippen LogP contribution in [0.5, 0.6) is 0 Å². The molecule has 5 rings (SSSR count). The van der Waals surface area contributed by atoms with Crippen LogP contribution in [0.3, 0.4) is 0 Å². The minimum atomic E-state index is -0.0916. The van der Waals surface area contributed by atoms with Gasteiger partial charge in [-0.05, 0) is 54.8 Å². The van der Waals surface area contributed by atoms with Gasteiger partial charge in [0.05, 0.1) is 16.7 Å². The van der Waals surface area contributed by atoms with Crippen LogP contribution in [0, 0.1) is 0 Å². The van der Waals surface area contributed by atoms with Crippen LogP contribution < -0.4 is 10.9 Å². The highest BCUT2D eigenvalue weighted by molar-refractivity contribution is 7.10. The second-order valence-electron chi connectivity index (χ2n) is 7.27. The lowest BCUT2D eigenvalue weighted by molar-refractivity contribution is 0.678. The SMILES string of the molecule is O=c1[nH]c(C2(c3cc(-c4ccccc4)cs3)CC2)nc2c1CNCCC2. The van der Waals surface area contributed by atoms with Crippen LogP contribution in [0.4, 0.5) is 0 Å². The standard InChI is InChI=1S/C21H21N3OS/c25-19-16-12-22-10-4-7-17(16)23-20(24-19)21(8-9-21)18-11-15(13-26-18)14-5-2-1-3-6-14/h1-3,5-6,11,13,22H,4,7-10,12H2,(H,23,24,25). The van der Waals surface area contributed by atoms with Crippen molar-refractivity contribution in [3.8, 4) is 11.1 Å². The van der Waals surface area contributed by atoms with E-state index in [1.807, 2.05) is 6.07 Å². The minimum absolute atomic E-state index is 0.0329. The summed E-state index contributed by atoms with van der Waals surface area (Å²) in [6.07, 6.45) is 4.03. The van der Waals surface area contributed by atoms with Crippen LogP contribution in [0.25, 0.3) is 11.1 Å². The Morgan fingerprint density at radius 1 is 1.12 bits per heavy atom. The maximum atomic E-state index is 12.6. The van der Waals surface area contributed by atoms with Gasteiger partial charge in [-0.2, -0.15) is 0 Å². The van der Waals surface area contributed by atoms with Gasteiger partial charge in [0.1, 0.15) is 5.82 Å². The molecule has 3 aromatic rings. The summed E-state index contributed by atoms with van der Waals surface area (Å²) in [6.45, 7) is 1.57. The van der Waals surface area contributed by atoms with Crippen molar-refractivity contribution in [3.05, 3.63) is 74.1 Å². The highest BCUT2D eigenvalue weighted by Crippen LogP contribution is 2.54. The van der Waals surface area contributed by atoms with Gasteiger partial charge in [0.2, 0.25) is 0 Å². The molecular formula is C21H21N3OS. The number of hydrogen-bond donors (Lipinski definition) is 2. The Hall–Kier alpha value is -2.24. The van der Waals surface area contributed by atoms with Gasteiger partial charge < -0.3 is 10.3 Å². The van der Waals surface area contributed by atoms with Crippen molar-refractivity contribution in [1.29, 1.82) is 0 Å². The number of H-pyrrole nitrogens is 1. The van der Waals surface area contributed by atoms with Crippen molar-refractivity contribution in [2.24, 2.45) is 0 Å². The number of thiophene rings is 1. The Morgan fingerprint density at radius 2 is 1.96 bits per heavy atom. The molecule has 5 heteroatoms. The fourth-order valence-corrected chi connectivity index (χ4v) is 5.03. The Bertz CT molecular complexity index is 1000. The molecule has 1 aromatic carbocycles. The average molecular weight is 363 g/mol. The number of aromatic nitrogens is 2. The molecule has 0 unspecified atom stereocenters. The molecule has 2 aromatic heterocycles. The average Bonchev–Trinajstić information content (AvgIpc) is 3.39. The predicted octanol–water partition coefficient (Wildman–Crippen LogP) is 3.61. The van der Waals surface area contributed by atoms with E-state index in [9.17, 15) is 4.79 Å². The number of nitrogens with one attached hydrogen (secondary N) is 2. The lowest BCUT2D eigenvalue weighted by Gasteiger charge is -2.15. The molecule has 3 heterocycles. The highest BCUT2D eigenvalue weighted by atomic mass is 32.1. The third-order valence-electron chi connectivity index (χ3n) is 5.55. The number of hydrogen-bond acceptors (Lipinski definition) is 4. The van der Waals surface area contributed by atoms with E-state index >= 15 is 0 Å². The number of fused-ring (bicyclic) bond motifs is 1. The van der Waals surface area contributed by atoms with E-state index in [1.54, 1.807) is 11.3 Å². The van der Waals surface area contributed by atoms with Gasteiger partial charge >= 0.3 is 0 Å². The first-order chi connectivity index (χ1) is 12.8. The molecule has 0 saturated heterocycles. The lowest BCUT2D eigenvalue weighted by atomic mass is 10.0. The molecule has 0 amide bonds. The highest BCUT2D eigenvalue weighted by Gasteiger charge is 2.49. The summed E-state index contributed by atoms with van der Waals surface area (Å²) < 4.78 is 0. The zero-order chi connectivity index (χ0) is 17.6. The molecule has 0 bridgehead atoms. The molecule has 2 aliphatic rings. The van der Waals surface area contributed by atoms with Crippen molar-refractivity contribution in [1.82, 2.24) is 15.3 Å². The quantitative estimate of drug-likeness (QED) is 0.747. The molecule has 0 spiro atoms. The summed E-state index contributed by atoms with van der Waals surface area (Å²) >= 11 is 1.78. The summed E-state index contributed by atoms with van der Waals surface area (Å²) in [5.41, 5.74) is 4.23. The molecule has 132 valence electrons. The summed E-state index contributed by atoms with van der Waals surface area (Å²) in [5, 5.41) is 5.53. The fraction of sp³-hybridized carbons (Fsp3) is 0.333. The molecule has 1 aliphatic carbocycles. The number of nitrogens with zero attached hydrogens (tertiary/aromatic N) is 1. The maximum Gasteiger partial charge on any atom is 0.255 e. The third kappa shape index (κ3) is 2.63. The summed E-state index contributed by atoms with van der Waals surface area (Å²) in [4.78, 5) is 22.0. The smallest absolute Gasteiger partial charge is 0.255 e. The van der Waals surface area contributed by atoms with E-state index in [0.29, 0.717) is 6.54 Å². The Balaban J connectivity index is 1.55. The van der Waals surface area contributed by atoms with Gasteiger partial charge in [0, 0.05) is 11.4 Å². The second kappa shape index (κ2) is 6.18. The largest absolute Gasteiger partial charge is 0.312 e. The van der Waals surface area contributed by atoms with Crippen LogP contribution in [-0.2, 0) is 18.4 Å². The van der Waals surface area contributed by atoms with Gasteiger partial charge in [-0.25, -0.2) is 4.98 Å². The molecule has 26 heavy (non-hydrogen) atoms. The zero-order valence-electron chi connectivity index (χ0n) is 14.5. The lowest BCUT2D eigenvalue weighted by Crippen LogP contribution is -2.26. The summed E-state index contributed by atoms with van der Waals surface area (Å²) in [6, 6.07) is 12.7. The van der Waals surface area contributed by atoms with E-state index < -0.39 is 0 Å². The molecular weight excluding hydrogens is 342 g/mol. The van der Waals surface area contributed by atoms with Crippen LogP contribution in [0.1, 0.15) is 41.2 Å². The Kier molecular flexibility index (Phi) is 3.80. The van der Waals surface area contributed by atoms with Crippen LogP contribution in [0.15, 0.2) is 46.6 Å². The first-order valence-electron chi connectivity index (χ1n) is 9.24. The van der Waals surface area contributed by atoms with Crippen molar-refractivity contribution < 1.29 is 0 Å². The van der Waals surface area contributed by atoms with E-state index in [1.165, 1.54) is 16.0 Å². The van der Waals surface area contributed by atoms with Crippen molar-refractivity contribution in [2.75, 3.05) is 6.54 Å².